The van der Waals surface area contributed by atoms with Gasteiger partial charge in [-0.1, -0.05) is 0 Å². The molecule has 0 aliphatic carbocycles. The summed E-state index contributed by atoms with van der Waals surface area (Å²) in [5.74, 6) is 1.55. The summed E-state index contributed by atoms with van der Waals surface area (Å²) in [6, 6.07) is 14.5. The molecular formula is C22H25N3O2S. The SMILES string of the molecule is COc1ccc(N2CCN(c3ccc(OC)nc3-c3ccsc3C)CC2)cc1. The van der Waals surface area contributed by atoms with Gasteiger partial charge in [0.1, 0.15) is 5.75 Å². The Balaban J connectivity index is 1.55. The first kappa shape index (κ1) is 18.6. The van der Waals surface area contributed by atoms with Crippen molar-refractivity contribution in [2.75, 3.05) is 50.2 Å². The minimum absolute atomic E-state index is 0.654. The first-order valence-corrected chi connectivity index (χ1v) is 10.3. The first-order chi connectivity index (χ1) is 13.7. The van der Waals surface area contributed by atoms with Gasteiger partial charge in [0.15, 0.2) is 0 Å². The number of rotatable bonds is 5. The molecule has 0 saturated carbocycles. The van der Waals surface area contributed by atoms with E-state index in [1.807, 2.05) is 18.2 Å². The number of nitrogens with zero attached hydrogens (tertiary/aromatic N) is 3. The molecule has 0 N–H and O–H groups in total. The highest BCUT2D eigenvalue weighted by Gasteiger charge is 2.22. The second-order valence-electron chi connectivity index (χ2n) is 6.78. The number of methoxy groups -OCH3 is 2. The number of piperazine rings is 1. The molecule has 3 heterocycles. The molecule has 28 heavy (non-hydrogen) atoms. The van der Waals surface area contributed by atoms with Crippen LogP contribution in [0, 0.1) is 6.92 Å². The van der Waals surface area contributed by atoms with E-state index in [-0.39, 0.29) is 0 Å². The third-order valence-electron chi connectivity index (χ3n) is 5.23. The summed E-state index contributed by atoms with van der Waals surface area (Å²) in [5.41, 5.74) is 4.62. The van der Waals surface area contributed by atoms with Crippen LogP contribution in [0.25, 0.3) is 11.3 Å². The number of aryl methyl sites for hydroxylation is 1. The monoisotopic (exact) mass is 395 g/mol. The summed E-state index contributed by atoms with van der Waals surface area (Å²) in [6.45, 7) is 6.00. The molecule has 6 heteroatoms. The average Bonchev–Trinajstić information content (AvgIpc) is 3.19. The molecule has 5 nitrogen and oxygen atoms in total. The fourth-order valence-corrected chi connectivity index (χ4v) is 4.33. The van der Waals surface area contributed by atoms with E-state index in [1.54, 1.807) is 25.6 Å². The maximum Gasteiger partial charge on any atom is 0.213 e. The maximum absolute atomic E-state index is 5.38. The topological polar surface area (TPSA) is 37.8 Å². The lowest BCUT2D eigenvalue weighted by Gasteiger charge is -2.38. The largest absolute Gasteiger partial charge is 0.497 e. The van der Waals surface area contributed by atoms with Crippen LogP contribution in [0.3, 0.4) is 0 Å². The van der Waals surface area contributed by atoms with Crippen molar-refractivity contribution in [2.45, 2.75) is 6.92 Å². The Labute approximate surface area is 170 Å². The number of anilines is 2. The average molecular weight is 396 g/mol. The van der Waals surface area contributed by atoms with E-state index in [4.69, 9.17) is 14.5 Å². The van der Waals surface area contributed by atoms with Crippen LogP contribution in [-0.2, 0) is 0 Å². The molecule has 2 aromatic heterocycles. The predicted molar refractivity (Wildman–Crippen MR) is 116 cm³/mol. The molecule has 1 aliphatic rings. The second kappa shape index (κ2) is 8.10. The molecule has 0 atom stereocenters. The zero-order valence-corrected chi connectivity index (χ0v) is 17.3. The van der Waals surface area contributed by atoms with E-state index >= 15 is 0 Å². The first-order valence-electron chi connectivity index (χ1n) is 9.43. The van der Waals surface area contributed by atoms with Gasteiger partial charge in [-0.05, 0) is 48.7 Å². The van der Waals surface area contributed by atoms with Crippen LogP contribution < -0.4 is 19.3 Å². The van der Waals surface area contributed by atoms with Gasteiger partial charge in [0.05, 0.1) is 25.6 Å². The molecule has 1 fully saturated rings. The smallest absolute Gasteiger partial charge is 0.213 e. The van der Waals surface area contributed by atoms with Gasteiger partial charge in [0.25, 0.3) is 0 Å². The van der Waals surface area contributed by atoms with E-state index in [0.717, 1.165) is 37.6 Å². The van der Waals surface area contributed by atoms with Crippen molar-refractivity contribution in [1.82, 2.24) is 4.98 Å². The number of thiophene rings is 1. The van der Waals surface area contributed by atoms with Gasteiger partial charge in [-0.3, -0.25) is 0 Å². The molecule has 1 aromatic carbocycles. The van der Waals surface area contributed by atoms with Crippen molar-refractivity contribution in [2.24, 2.45) is 0 Å². The molecule has 3 aromatic rings. The minimum Gasteiger partial charge on any atom is -0.497 e. The van der Waals surface area contributed by atoms with Crippen LogP contribution >= 0.6 is 11.3 Å². The Morgan fingerprint density at radius 3 is 2.18 bits per heavy atom. The summed E-state index contributed by atoms with van der Waals surface area (Å²) in [5, 5.41) is 2.12. The van der Waals surface area contributed by atoms with Crippen molar-refractivity contribution in [3.63, 3.8) is 0 Å². The van der Waals surface area contributed by atoms with Crippen LogP contribution in [0.1, 0.15) is 4.88 Å². The lowest BCUT2D eigenvalue weighted by atomic mass is 10.1. The fraction of sp³-hybridized carbons (Fsp3) is 0.318. The van der Waals surface area contributed by atoms with Crippen molar-refractivity contribution < 1.29 is 9.47 Å². The van der Waals surface area contributed by atoms with Crippen molar-refractivity contribution in [3.8, 4) is 22.9 Å². The molecule has 0 amide bonds. The zero-order valence-electron chi connectivity index (χ0n) is 16.5. The second-order valence-corrected chi connectivity index (χ2v) is 7.90. The van der Waals surface area contributed by atoms with Crippen molar-refractivity contribution in [3.05, 3.63) is 52.7 Å². The highest BCUT2D eigenvalue weighted by molar-refractivity contribution is 7.10. The summed E-state index contributed by atoms with van der Waals surface area (Å²) < 4.78 is 10.6. The molecule has 0 bridgehead atoms. The number of benzene rings is 1. The van der Waals surface area contributed by atoms with Gasteiger partial charge in [0.2, 0.25) is 5.88 Å². The van der Waals surface area contributed by atoms with Crippen molar-refractivity contribution >= 4 is 22.7 Å². The van der Waals surface area contributed by atoms with Crippen LogP contribution in [0.15, 0.2) is 47.8 Å². The van der Waals surface area contributed by atoms with Gasteiger partial charge < -0.3 is 19.3 Å². The predicted octanol–water partition coefficient (Wildman–Crippen LogP) is 4.46. The van der Waals surface area contributed by atoms with Gasteiger partial charge in [-0.25, -0.2) is 4.98 Å². The molecule has 1 saturated heterocycles. The zero-order chi connectivity index (χ0) is 19.5. The van der Waals surface area contributed by atoms with E-state index in [1.165, 1.54) is 21.8 Å². The van der Waals surface area contributed by atoms with E-state index in [9.17, 15) is 0 Å². The van der Waals surface area contributed by atoms with Crippen LogP contribution in [0.2, 0.25) is 0 Å². The number of ether oxygens (including phenoxy) is 2. The maximum atomic E-state index is 5.38. The van der Waals surface area contributed by atoms with Gasteiger partial charge in [0, 0.05) is 48.4 Å². The van der Waals surface area contributed by atoms with Crippen molar-refractivity contribution in [1.29, 1.82) is 0 Å². The van der Waals surface area contributed by atoms with Crippen LogP contribution in [0.5, 0.6) is 11.6 Å². The number of aromatic nitrogens is 1. The van der Waals surface area contributed by atoms with Gasteiger partial charge in [-0.15, -0.1) is 11.3 Å². The Hall–Kier alpha value is -2.73. The molecule has 0 spiro atoms. The summed E-state index contributed by atoms with van der Waals surface area (Å²) in [4.78, 5) is 10.9. The van der Waals surface area contributed by atoms with E-state index in [2.05, 4.69) is 46.4 Å². The van der Waals surface area contributed by atoms with Crippen LogP contribution in [0.4, 0.5) is 11.4 Å². The fourth-order valence-electron chi connectivity index (χ4n) is 3.63. The molecular weight excluding hydrogens is 370 g/mol. The third-order valence-corrected chi connectivity index (χ3v) is 6.08. The van der Waals surface area contributed by atoms with Gasteiger partial charge in [-0.2, -0.15) is 0 Å². The minimum atomic E-state index is 0.654. The Morgan fingerprint density at radius 1 is 0.857 bits per heavy atom. The number of hydrogen-bond acceptors (Lipinski definition) is 6. The Kier molecular flexibility index (Phi) is 5.39. The molecule has 4 rings (SSSR count). The normalized spacial score (nSPS) is 14.2. The molecule has 146 valence electrons. The Morgan fingerprint density at radius 2 is 1.57 bits per heavy atom. The molecule has 1 aliphatic heterocycles. The number of pyridine rings is 1. The number of hydrogen-bond donors (Lipinski definition) is 0. The van der Waals surface area contributed by atoms with E-state index < -0.39 is 0 Å². The summed E-state index contributed by atoms with van der Waals surface area (Å²) >= 11 is 1.75. The molecule has 0 unspecified atom stereocenters. The standard InChI is InChI=1S/C22H25N3O2S/c1-16-19(10-15-28-16)22-20(8-9-21(23-22)27-3)25-13-11-24(12-14-25)17-4-6-18(26-2)7-5-17/h4-10,15H,11-14H2,1-3H3. The summed E-state index contributed by atoms with van der Waals surface area (Å²) in [7, 11) is 3.36. The highest BCUT2D eigenvalue weighted by Crippen LogP contribution is 2.36. The molecule has 0 radical (unpaired) electrons. The quantitative estimate of drug-likeness (QED) is 0.638. The summed E-state index contributed by atoms with van der Waals surface area (Å²) in [6.07, 6.45) is 0. The van der Waals surface area contributed by atoms with E-state index in [0.29, 0.717) is 5.88 Å². The Bertz CT molecular complexity index is 931. The highest BCUT2D eigenvalue weighted by atomic mass is 32.1. The van der Waals surface area contributed by atoms with Crippen LogP contribution in [-0.4, -0.2) is 45.4 Å². The lowest BCUT2D eigenvalue weighted by Crippen LogP contribution is -2.46. The third kappa shape index (κ3) is 3.64. The lowest BCUT2D eigenvalue weighted by molar-refractivity contribution is 0.398. The van der Waals surface area contributed by atoms with Gasteiger partial charge >= 0.3 is 0 Å².